The fourth-order valence-corrected chi connectivity index (χ4v) is 9.69. The normalized spacial score (nSPS) is 44.5. The highest BCUT2D eigenvalue weighted by atomic mass is 16.6. The van der Waals surface area contributed by atoms with Crippen molar-refractivity contribution in [3.05, 3.63) is 23.8 Å². The lowest BCUT2D eigenvalue weighted by Gasteiger charge is -2.58. The zero-order chi connectivity index (χ0) is 25.7. The number of allylic oxidation sites excluding steroid dienone is 1. The summed E-state index contributed by atoms with van der Waals surface area (Å²) in [6.45, 7) is 14.9. The molecule has 3 fully saturated rings. The van der Waals surface area contributed by atoms with Crippen LogP contribution in [0.3, 0.4) is 0 Å². The SMILES string of the molecule is CC(C)CCC[C@@H](C)[C@H]1CC[C@H]2[C@@H]3CC=C4CC(OC(=O)C5(C)C=CCO5)CC[C@]4(C)[C@H]3CC[C@]12C. The van der Waals surface area contributed by atoms with Crippen molar-refractivity contribution in [3.8, 4) is 0 Å². The lowest BCUT2D eigenvalue weighted by Crippen LogP contribution is -2.51. The smallest absolute Gasteiger partial charge is 0.342 e. The van der Waals surface area contributed by atoms with Crippen LogP contribution in [0.5, 0.6) is 0 Å². The first-order valence-electron chi connectivity index (χ1n) is 15.3. The van der Waals surface area contributed by atoms with Crippen LogP contribution in [0.15, 0.2) is 23.8 Å². The monoisotopic (exact) mass is 496 g/mol. The van der Waals surface area contributed by atoms with Crippen molar-refractivity contribution in [2.75, 3.05) is 6.61 Å². The van der Waals surface area contributed by atoms with Gasteiger partial charge in [0.2, 0.25) is 0 Å². The Labute approximate surface area is 220 Å². The summed E-state index contributed by atoms with van der Waals surface area (Å²) >= 11 is 0. The predicted octanol–water partition coefficient (Wildman–Crippen LogP) is 8.28. The summed E-state index contributed by atoms with van der Waals surface area (Å²) in [7, 11) is 0. The Bertz CT molecular complexity index is 887. The van der Waals surface area contributed by atoms with Crippen LogP contribution in [0.4, 0.5) is 0 Å². The Morgan fingerprint density at radius 1 is 1.06 bits per heavy atom. The van der Waals surface area contributed by atoms with Gasteiger partial charge in [-0.25, -0.2) is 4.79 Å². The maximum absolute atomic E-state index is 12.8. The predicted molar refractivity (Wildman–Crippen MR) is 146 cm³/mol. The molecule has 3 heteroatoms. The molecule has 0 saturated heterocycles. The lowest BCUT2D eigenvalue weighted by molar-refractivity contribution is -0.169. The number of fused-ring (bicyclic) bond motifs is 5. The molecule has 0 spiro atoms. The van der Waals surface area contributed by atoms with Crippen LogP contribution in [0.1, 0.15) is 112 Å². The summed E-state index contributed by atoms with van der Waals surface area (Å²) in [5.74, 6) is 4.94. The summed E-state index contributed by atoms with van der Waals surface area (Å²) in [6, 6.07) is 0. The summed E-state index contributed by atoms with van der Waals surface area (Å²) in [5.41, 5.74) is 1.52. The minimum atomic E-state index is -0.897. The van der Waals surface area contributed by atoms with Crippen molar-refractivity contribution in [1.29, 1.82) is 0 Å². The molecule has 0 radical (unpaired) electrons. The second kappa shape index (κ2) is 9.90. The molecule has 0 aromatic carbocycles. The third-order valence-corrected chi connectivity index (χ3v) is 11.9. The number of carbonyl (C=O) groups is 1. The Morgan fingerprint density at radius 3 is 2.58 bits per heavy atom. The fraction of sp³-hybridized carbons (Fsp3) is 0.848. The summed E-state index contributed by atoms with van der Waals surface area (Å²) in [6.07, 6.45) is 20.6. The molecular formula is C33H52O3. The molecule has 4 aliphatic carbocycles. The van der Waals surface area contributed by atoms with Gasteiger partial charge in [0.1, 0.15) is 6.10 Å². The van der Waals surface area contributed by atoms with Gasteiger partial charge < -0.3 is 9.47 Å². The summed E-state index contributed by atoms with van der Waals surface area (Å²) in [4.78, 5) is 12.8. The maximum atomic E-state index is 12.8. The minimum Gasteiger partial charge on any atom is -0.460 e. The molecule has 2 unspecified atom stereocenters. The Balaban J connectivity index is 1.25. The number of hydrogen-bond acceptors (Lipinski definition) is 3. The number of hydrogen-bond donors (Lipinski definition) is 0. The van der Waals surface area contributed by atoms with E-state index < -0.39 is 5.60 Å². The second-order valence-electron chi connectivity index (χ2n) is 14.4. The average Bonchev–Trinajstić information content (AvgIpc) is 3.43. The van der Waals surface area contributed by atoms with E-state index in [1.165, 1.54) is 51.4 Å². The Hall–Kier alpha value is -1.09. The molecule has 0 bridgehead atoms. The van der Waals surface area contributed by atoms with Crippen molar-refractivity contribution in [2.24, 2.45) is 46.3 Å². The van der Waals surface area contributed by atoms with E-state index in [1.54, 1.807) is 5.57 Å². The molecule has 0 N–H and O–H groups in total. The van der Waals surface area contributed by atoms with Crippen LogP contribution >= 0.6 is 0 Å². The number of ether oxygens (including phenoxy) is 2. The zero-order valence-electron chi connectivity index (χ0n) is 24.0. The number of carbonyl (C=O) groups excluding carboxylic acids is 1. The van der Waals surface area contributed by atoms with Gasteiger partial charge in [0.15, 0.2) is 5.60 Å². The molecule has 9 atom stereocenters. The maximum Gasteiger partial charge on any atom is 0.342 e. The van der Waals surface area contributed by atoms with Crippen molar-refractivity contribution >= 4 is 5.97 Å². The lowest BCUT2D eigenvalue weighted by atomic mass is 9.47. The summed E-state index contributed by atoms with van der Waals surface area (Å²) in [5, 5.41) is 0. The molecule has 202 valence electrons. The standard InChI is InChI=1S/C33H52O3/c1-22(2)9-7-10-23(3)27-13-14-28-26-12-11-24-21-25(36-30(34)33(6)17-8-20-35-33)15-18-31(24,4)29(26)16-19-32(27,28)5/h8,11,17,22-23,25-29H,7,9-10,12-16,18-21H2,1-6H3/t23-,25?,26+,27-,28+,29+,31+,32-,33?/m1/s1. The largest absolute Gasteiger partial charge is 0.460 e. The molecule has 0 aromatic heterocycles. The van der Waals surface area contributed by atoms with E-state index in [9.17, 15) is 4.79 Å². The van der Waals surface area contributed by atoms with E-state index >= 15 is 0 Å². The van der Waals surface area contributed by atoms with Crippen molar-refractivity contribution in [3.63, 3.8) is 0 Å². The van der Waals surface area contributed by atoms with E-state index in [1.807, 2.05) is 19.1 Å². The molecule has 5 rings (SSSR count). The molecular weight excluding hydrogens is 444 g/mol. The van der Waals surface area contributed by atoms with Crippen molar-refractivity contribution in [2.45, 2.75) is 124 Å². The topological polar surface area (TPSA) is 35.5 Å². The van der Waals surface area contributed by atoms with E-state index in [-0.39, 0.29) is 12.1 Å². The van der Waals surface area contributed by atoms with E-state index in [0.717, 1.165) is 54.8 Å². The van der Waals surface area contributed by atoms with Crippen LogP contribution in [0, 0.1) is 46.3 Å². The van der Waals surface area contributed by atoms with Gasteiger partial charge in [-0.2, -0.15) is 0 Å². The highest BCUT2D eigenvalue weighted by Crippen LogP contribution is 2.67. The molecule has 0 amide bonds. The van der Waals surface area contributed by atoms with Gasteiger partial charge in [0, 0.05) is 6.42 Å². The average molecular weight is 497 g/mol. The van der Waals surface area contributed by atoms with Gasteiger partial charge in [0.25, 0.3) is 0 Å². The van der Waals surface area contributed by atoms with Gasteiger partial charge in [-0.3, -0.25) is 0 Å². The zero-order valence-corrected chi connectivity index (χ0v) is 24.0. The molecule has 3 nitrogen and oxygen atoms in total. The van der Waals surface area contributed by atoms with E-state index in [2.05, 4.69) is 40.7 Å². The third kappa shape index (κ3) is 4.54. The summed E-state index contributed by atoms with van der Waals surface area (Å²) < 4.78 is 11.7. The first-order chi connectivity index (χ1) is 17.1. The molecule has 3 saturated carbocycles. The van der Waals surface area contributed by atoms with Crippen LogP contribution in [-0.4, -0.2) is 24.3 Å². The van der Waals surface area contributed by atoms with E-state index in [4.69, 9.17) is 9.47 Å². The number of rotatable bonds is 7. The third-order valence-electron chi connectivity index (χ3n) is 11.9. The minimum absolute atomic E-state index is 0.000735. The molecule has 1 heterocycles. The molecule has 36 heavy (non-hydrogen) atoms. The highest BCUT2D eigenvalue weighted by molar-refractivity contribution is 5.82. The van der Waals surface area contributed by atoms with Crippen molar-refractivity contribution < 1.29 is 14.3 Å². The quantitative estimate of drug-likeness (QED) is 0.263. The van der Waals surface area contributed by atoms with Crippen LogP contribution in [0.2, 0.25) is 0 Å². The second-order valence-corrected chi connectivity index (χ2v) is 14.4. The first kappa shape index (κ1) is 26.5. The van der Waals surface area contributed by atoms with Gasteiger partial charge in [-0.1, -0.05) is 71.6 Å². The molecule has 1 aliphatic heterocycles. The highest BCUT2D eigenvalue weighted by Gasteiger charge is 2.59. The van der Waals surface area contributed by atoms with Gasteiger partial charge in [0.05, 0.1) is 6.61 Å². The van der Waals surface area contributed by atoms with E-state index in [0.29, 0.717) is 17.4 Å². The molecule has 0 aromatic rings. The van der Waals surface area contributed by atoms with Crippen molar-refractivity contribution in [1.82, 2.24) is 0 Å². The van der Waals surface area contributed by atoms with Gasteiger partial charge in [-0.15, -0.1) is 0 Å². The van der Waals surface area contributed by atoms with Gasteiger partial charge >= 0.3 is 5.97 Å². The van der Waals surface area contributed by atoms with Crippen LogP contribution in [-0.2, 0) is 14.3 Å². The van der Waals surface area contributed by atoms with Gasteiger partial charge in [-0.05, 0) is 104 Å². The Kier molecular flexibility index (Phi) is 7.29. The first-order valence-corrected chi connectivity index (χ1v) is 15.3. The fourth-order valence-electron chi connectivity index (χ4n) is 9.69. The molecule has 5 aliphatic rings. The van der Waals surface area contributed by atoms with Crippen LogP contribution in [0.25, 0.3) is 0 Å². The Morgan fingerprint density at radius 2 is 1.86 bits per heavy atom. The van der Waals surface area contributed by atoms with Crippen LogP contribution < -0.4 is 0 Å². The number of esters is 1.